The molecule has 0 saturated carbocycles. The SMILES string of the molecule is CCC(=O)[C@H](CSSC[C@H](NC)C(=O)CC)NC. The normalized spacial score (nSPS) is 14.2. The molecule has 106 valence electrons. The third-order valence-corrected chi connectivity index (χ3v) is 5.15. The molecule has 0 aliphatic carbocycles. The summed E-state index contributed by atoms with van der Waals surface area (Å²) >= 11 is 0. The van der Waals surface area contributed by atoms with E-state index in [4.69, 9.17) is 0 Å². The summed E-state index contributed by atoms with van der Waals surface area (Å²) in [6.45, 7) is 3.75. The molecule has 0 unspecified atom stereocenters. The lowest BCUT2D eigenvalue weighted by Crippen LogP contribution is -2.36. The van der Waals surface area contributed by atoms with Gasteiger partial charge in [-0.15, -0.1) is 0 Å². The van der Waals surface area contributed by atoms with Gasteiger partial charge in [0.05, 0.1) is 12.1 Å². The molecule has 2 N–H and O–H groups in total. The largest absolute Gasteiger partial charge is 0.310 e. The molecule has 0 amide bonds. The number of ketones is 2. The number of nitrogens with one attached hydrogen (secondary N) is 2. The molecule has 0 radical (unpaired) electrons. The van der Waals surface area contributed by atoms with Gasteiger partial charge < -0.3 is 10.6 Å². The number of hydrogen-bond donors (Lipinski definition) is 2. The van der Waals surface area contributed by atoms with E-state index in [2.05, 4.69) is 10.6 Å². The van der Waals surface area contributed by atoms with Crippen molar-refractivity contribution in [3.8, 4) is 0 Å². The van der Waals surface area contributed by atoms with Crippen molar-refractivity contribution in [3.05, 3.63) is 0 Å². The molecule has 2 atom stereocenters. The maximum Gasteiger partial charge on any atom is 0.150 e. The molecule has 0 spiro atoms. The Kier molecular flexibility index (Phi) is 10.8. The van der Waals surface area contributed by atoms with Crippen LogP contribution in [0.3, 0.4) is 0 Å². The first-order chi connectivity index (χ1) is 8.60. The van der Waals surface area contributed by atoms with E-state index in [1.807, 2.05) is 13.8 Å². The average molecular weight is 292 g/mol. The third-order valence-electron chi connectivity index (χ3n) is 2.72. The Morgan fingerprint density at radius 2 is 1.22 bits per heavy atom. The van der Waals surface area contributed by atoms with Crippen molar-refractivity contribution in [1.82, 2.24) is 10.6 Å². The summed E-state index contributed by atoms with van der Waals surface area (Å²) in [4.78, 5) is 23.1. The first-order valence-corrected chi connectivity index (χ1v) is 8.73. The second-order valence-electron chi connectivity index (χ2n) is 3.89. The van der Waals surface area contributed by atoms with Gasteiger partial charge in [-0.25, -0.2) is 0 Å². The van der Waals surface area contributed by atoms with Crippen LogP contribution in [0.25, 0.3) is 0 Å². The van der Waals surface area contributed by atoms with E-state index in [1.54, 1.807) is 35.7 Å². The van der Waals surface area contributed by atoms with Crippen LogP contribution in [0.15, 0.2) is 0 Å². The van der Waals surface area contributed by atoms with E-state index in [-0.39, 0.29) is 23.7 Å². The van der Waals surface area contributed by atoms with Crippen molar-refractivity contribution < 1.29 is 9.59 Å². The lowest BCUT2D eigenvalue weighted by atomic mass is 10.2. The van der Waals surface area contributed by atoms with Gasteiger partial charge in [-0.05, 0) is 14.1 Å². The molecule has 0 heterocycles. The summed E-state index contributed by atoms with van der Waals surface area (Å²) in [5.41, 5.74) is 0. The monoisotopic (exact) mass is 292 g/mol. The smallest absolute Gasteiger partial charge is 0.150 e. The number of likely N-dealkylation sites (N-methyl/N-ethyl adjacent to an activating group) is 2. The average Bonchev–Trinajstić information content (AvgIpc) is 2.41. The molecule has 4 nitrogen and oxygen atoms in total. The summed E-state index contributed by atoms with van der Waals surface area (Å²) in [5.74, 6) is 1.95. The highest BCUT2D eigenvalue weighted by Crippen LogP contribution is 2.23. The predicted molar refractivity (Wildman–Crippen MR) is 81.2 cm³/mol. The predicted octanol–water partition coefficient (Wildman–Crippen LogP) is 1.50. The zero-order chi connectivity index (χ0) is 14.0. The minimum Gasteiger partial charge on any atom is -0.310 e. The van der Waals surface area contributed by atoms with E-state index in [9.17, 15) is 9.59 Å². The van der Waals surface area contributed by atoms with Crippen LogP contribution in [0, 0.1) is 0 Å². The van der Waals surface area contributed by atoms with Crippen molar-refractivity contribution in [1.29, 1.82) is 0 Å². The molecule has 0 aliphatic rings. The molecular weight excluding hydrogens is 268 g/mol. The summed E-state index contributed by atoms with van der Waals surface area (Å²) in [6, 6.07) is -0.162. The summed E-state index contributed by atoms with van der Waals surface area (Å²) in [7, 11) is 6.90. The highest BCUT2D eigenvalue weighted by Gasteiger charge is 2.17. The maximum atomic E-state index is 11.5. The van der Waals surface area contributed by atoms with Gasteiger partial charge in [0.25, 0.3) is 0 Å². The van der Waals surface area contributed by atoms with Crippen LogP contribution >= 0.6 is 21.6 Å². The summed E-state index contributed by atoms with van der Waals surface area (Å²) in [6.07, 6.45) is 1.12. The van der Waals surface area contributed by atoms with Gasteiger partial charge in [-0.3, -0.25) is 9.59 Å². The Balaban J connectivity index is 3.89. The zero-order valence-corrected chi connectivity index (χ0v) is 13.2. The van der Waals surface area contributed by atoms with E-state index < -0.39 is 0 Å². The molecule has 0 rings (SSSR count). The number of carbonyl (C=O) groups is 2. The molecule has 18 heavy (non-hydrogen) atoms. The third kappa shape index (κ3) is 6.78. The van der Waals surface area contributed by atoms with E-state index >= 15 is 0 Å². The summed E-state index contributed by atoms with van der Waals surface area (Å²) < 4.78 is 0. The Labute approximate surface area is 118 Å². The minimum absolute atomic E-state index is 0.0811. The fourth-order valence-corrected chi connectivity index (χ4v) is 3.96. The van der Waals surface area contributed by atoms with Crippen LogP contribution < -0.4 is 10.6 Å². The molecule has 0 aromatic rings. The highest BCUT2D eigenvalue weighted by atomic mass is 33.1. The molecular formula is C12H24N2O2S2. The fourth-order valence-electron chi connectivity index (χ4n) is 1.40. The second-order valence-corrected chi connectivity index (χ2v) is 6.44. The van der Waals surface area contributed by atoms with Crippen LogP contribution in [-0.4, -0.2) is 49.3 Å². The van der Waals surface area contributed by atoms with Crippen LogP contribution in [0.5, 0.6) is 0 Å². The van der Waals surface area contributed by atoms with E-state index in [1.165, 1.54) is 0 Å². The van der Waals surface area contributed by atoms with E-state index in [0.717, 1.165) is 11.5 Å². The first kappa shape index (κ1) is 18.0. The quantitative estimate of drug-likeness (QED) is 0.445. The maximum absolute atomic E-state index is 11.5. The van der Waals surface area contributed by atoms with Crippen molar-refractivity contribution in [2.24, 2.45) is 0 Å². The standard InChI is InChI=1S/C12H24N2O2S2/c1-5-11(15)9(13-3)7-17-18-8-10(14-4)12(16)6-2/h9-10,13-14H,5-8H2,1-4H3/t9-,10-/m0/s1. The number of Topliss-reactive ketones (excluding diaryl/α,β-unsaturated/α-hetero) is 2. The lowest BCUT2D eigenvalue weighted by molar-refractivity contribution is -0.120. The Hall–Kier alpha value is -0.0400. The minimum atomic E-state index is -0.0811. The van der Waals surface area contributed by atoms with Gasteiger partial charge in [-0.1, -0.05) is 35.4 Å². The van der Waals surface area contributed by atoms with Gasteiger partial charge in [0.2, 0.25) is 0 Å². The molecule has 0 aromatic heterocycles. The molecule has 6 heteroatoms. The van der Waals surface area contributed by atoms with Crippen molar-refractivity contribution in [3.63, 3.8) is 0 Å². The number of rotatable bonds is 11. The second kappa shape index (κ2) is 10.8. The Morgan fingerprint density at radius 3 is 1.44 bits per heavy atom. The van der Waals surface area contributed by atoms with Crippen molar-refractivity contribution in [2.45, 2.75) is 38.8 Å². The topological polar surface area (TPSA) is 58.2 Å². The highest BCUT2D eigenvalue weighted by molar-refractivity contribution is 8.76. The van der Waals surface area contributed by atoms with Crippen LogP contribution in [0.4, 0.5) is 0 Å². The van der Waals surface area contributed by atoms with Crippen LogP contribution in [0.2, 0.25) is 0 Å². The first-order valence-electron chi connectivity index (χ1n) is 6.24. The zero-order valence-electron chi connectivity index (χ0n) is 11.6. The Bertz CT molecular complexity index is 236. The van der Waals surface area contributed by atoms with Gasteiger partial charge in [-0.2, -0.15) is 0 Å². The molecule has 0 bridgehead atoms. The lowest BCUT2D eigenvalue weighted by Gasteiger charge is -2.15. The Morgan fingerprint density at radius 1 is 0.889 bits per heavy atom. The molecule has 0 fully saturated rings. The van der Waals surface area contributed by atoms with Gasteiger partial charge >= 0.3 is 0 Å². The fraction of sp³-hybridized carbons (Fsp3) is 0.833. The molecule has 0 aromatic carbocycles. The molecule has 0 aliphatic heterocycles. The van der Waals surface area contributed by atoms with Crippen LogP contribution in [0.1, 0.15) is 26.7 Å². The van der Waals surface area contributed by atoms with Gasteiger partial charge in [0.1, 0.15) is 11.6 Å². The van der Waals surface area contributed by atoms with Crippen molar-refractivity contribution >= 4 is 33.2 Å². The number of carbonyl (C=O) groups excluding carboxylic acids is 2. The van der Waals surface area contributed by atoms with Crippen molar-refractivity contribution in [2.75, 3.05) is 25.6 Å². The van der Waals surface area contributed by atoms with E-state index in [0.29, 0.717) is 12.8 Å². The number of hydrogen-bond acceptors (Lipinski definition) is 6. The summed E-state index contributed by atoms with van der Waals surface area (Å²) in [5, 5.41) is 6.05. The van der Waals surface area contributed by atoms with Gasteiger partial charge in [0.15, 0.2) is 0 Å². The molecule has 0 saturated heterocycles. The van der Waals surface area contributed by atoms with Crippen LogP contribution in [-0.2, 0) is 9.59 Å². The van der Waals surface area contributed by atoms with Gasteiger partial charge in [0, 0.05) is 24.3 Å².